The van der Waals surface area contributed by atoms with Crippen LogP contribution in [-0.4, -0.2) is 0 Å². The second-order valence-electron chi connectivity index (χ2n) is 9.40. The average molecular weight is 429 g/mol. The standard InChI is InChI=1S/C34H20/c1-2-7-21(8-3-1)24-13-14-25-18-33-32-20-27-16-23-10-5-4-9-22(23)15-26(27)19-31(32)29-12-6-11-28(34(29)33)30(25)17-24/h1-20H. The van der Waals surface area contributed by atoms with Crippen LogP contribution in [0.5, 0.6) is 0 Å². The van der Waals surface area contributed by atoms with Gasteiger partial charge in [-0.3, -0.25) is 0 Å². The fraction of sp³-hybridized carbons (Fsp3) is 0. The lowest BCUT2D eigenvalue weighted by Gasteiger charge is -2.10. The fourth-order valence-electron chi connectivity index (χ4n) is 5.89. The lowest BCUT2D eigenvalue weighted by atomic mass is 9.93. The van der Waals surface area contributed by atoms with Gasteiger partial charge < -0.3 is 0 Å². The first-order valence-corrected chi connectivity index (χ1v) is 11.9. The van der Waals surface area contributed by atoms with Crippen molar-refractivity contribution in [3.63, 3.8) is 0 Å². The maximum atomic E-state index is 2.40. The molecular weight excluding hydrogens is 408 g/mol. The molecule has 0 saturated carbocycles. The molecule has 0 saturated heterocycles. The summed E-state index contributed by atoms with van der Waals surface area (Å²) >= 11 is 0. The highest BCUT2D eigenvalue weighted by atomic mass is 14.3. The van der Waals surface area contributed by atoms with Crippen LogP contribution in [0.4, 0.5) is 0 Å². The van der Waals surface area contributed by atoms with Crippen LogP contribution in [0.3, 0.4) is 0 Å². The van der Waals surface area contributed by atoms with Crippen molar-refractivity contribution in [1.82, 2.24) is 0 Å². The molecule has 0 fully saturated rings. The van der Waals surface area contributed by atoms with E-state index in [0.29, 0.717) is 0 Å². The highest BCUT2D eigenvalue weighted by molar-refractivity contribution is 6.25. The highest BCUT2D eigenvalue weighted by Crippen LogP contribution is 2.50. The molecule has 0 aliphatic heterocycles. The molecule has 156 valence electrons. The summed E-state index contributed by atoms with van der Waals surface area (Å²) in [6.45, 7) is 0. The Morgan fingerprint density at radius 1 is 0.294 bits per heavy atom. The Balaban J connectivity index is 1.44. The molecule has 0 bridgehead atoms. The van der Waals surface area contributed by atoms with Crippen molar-refractivity contribution in [2.45, 2.75) is 0 Å². The Morgan fingerprint density at radius 3 is 1.74 bits per heavy atom. The monoisotopic (exact) mass is 428 g/mol. The molecule has 34 heavy (non-hydrogen) atoms. The van der Waals surface area contributed by atoms with E-state index < -0.39 is 0 Å². The van der Waals surface area contributed by atoms with E-state index in [1.807, 2.05) is 0 Å². The molecule has 7 aromatic rings. The van der Waals surface area contributed by atoms with Crippen LogP contribution in [0.25, 0.3) is 76.5 Å². The minimum Gasteiger partial charge on any atom is -0.0622 e. The van der Waals surface area contributed by atoms with Crippen molar-refractivity contribution in [2.75, 3.05) is 0 Å². The molecule has 0 heterocycles. The summed E-state index contributed by atoms with van der Waals surface area (Å²) in [5, 5.41) is 10.5. The van der Waals surface area contributed by atoms with Gasteiger partial charge in [0.15, 0.2) is 0 Å². The third-order valence-electron chi connectivity index (χ3n) is 7.51. The van der Waals surface area contributed by atoms with Gasteiger partial charge >= 0.3 is 0 Å². The normalized spacial score (nSPS) is 12.1. The number of hydrogen-bond donors (Lipinski definition) is 0. The lowest BCUT2D eigenvalue weighted by Crippen LogP contribution is -1.83. The quantitative estimate of drug-likeness (QED) is 0.180. The van der Waals surface area contributed by atoms with Gasteiger partial charge in [-0.2, -0.15) is 0 Å². The summed E-state index contributed by atoms with van der Waals surface area (Å²) in [6.07, 6.45) is 0. The van der Waals surface area contributed by atoms with E-state index in [0.717, 1.165) is 0 Å². The van der Waals surface area contributed by atoms with Gasteiger partial charge in [-0.15, -0.1) is 0 Å². The predicted octanol–water partition coefficient (Wildman–Crippen LogP) is 9.61. The van der Waals surface area contributed by atoms with Gasteiger partial charge in [-0.1, -0.05) is 84.9 Å². The van der Waals surface area contributed by atoms with Crippen LogP contribution in [0.2, 0.25) is 0 Å². The Labute approximate surface area is 197 Å². The number of hydrogen-bond acceptors (Lipinski definition) is 0. The molecule has 1 aliphatic rings. The first-order chi connectivity index (χ1) is 16.8. The maximum Gasteiger partial charge on any atom is -0.00199 e. The van der Waals surface area contributed by atoms with Crippen LogP contribution in [0.1, 0.15) is 0 Å². The molecule has 0 aromatic heterocycles. The van der Waals surface area contributed by atoms with Gasteiger partial charge in [-0.05, 0) is 113 Å². The van der Waals surface area contributed by atoms with Crippen LogP contribution >= 0.6 is 0 Å². The molecule has 0 unspecified atom stereocenters. The van der Waals surface area contributed by atoms with Gasteiger partial charge in [0, 0.05) is 0 Å². The van der Waals surface area contributed by atoms with E-state index in [1.165, 1.54) is 76.5 Å². The predicted molar refractivity (Wildman–Crippen MR) is 146 cm³/mol. The molecule has 0 radical (unpaired) electrons. The number of rotatable bonds is 1. The smallest absolute Gasteiger partial charge is 0.00199 e. The van der Waals surface area contributed by atoms with Crippen molar-refractivity contribution >= 4 is 43.1 Å². The Hall–Kier alpha value is -4.42. The zero-order valence-electron chi connectivity index (χ0n) is 18.5. The third-order valence-corrected chi connectivity index (χ3v) is 7.51. The van der Waals surface area contributed by atoms with E-state index in [2.05, 4.69) is 121 Å². The van der Waals surface area contributed by atoms with E-state index in [9.17, 15) is 0 Å². The molecule has 0 atom stereocenters. The van der Waals surface area contributed by atoms with Gasteiger partial charge in [0.2, 0.25) is 0 Å². The summed E-state index contributed by atoms with van der Waals surface area (Å²) in [5.74, 6) is 0. The minimum atomic E-state index is 1.26. The van der Waals surface area contributed by atoms with Crippen LogP contribution < -0.4 is 0 Å². The fourth-order valence-corrected chi connectivity index (χ4v) is 5.89. The molecule has 0 spiro atoms. The summed E-state index contributed by atoms with van der Waals surface area (Å²) in [4.78, 5) is 0. The zero-order valence-corrected chi connectivity index (χ0v) is 18.5. The largest absolute Gasteiger partial charge is 0.0622 e. The molecule has 0 N–H and O–H groups in total. The molecule has 1 aliphatic carbocycles. The molecule has 0 heteroatoms. The second kappa shape index (κ2) is 6.56. The van der Waals surface area contributed by atoms with Crippen molar-refractivity contribution < 1.29 is 0 Å². The summed E-state index contributed by atoms with van der Waals surface area (Å²) in [5.41, 5.74) is 7.93. The highest BCUT2D eigenvalue weighted by Gasteiger charge is 2.23. The van der Waals surface area contributed by atoms with Crippen molar-refractivity contribution in [3.05, 3.63) is 121 Å². The van der Waals surface area contributed by atoms with E-state index in [4.69, 9.17) is 0 Å². The lowest BCUT2D eigenvalue weighted by molar-refractivity contribution is 1.65. The molecule has 8 rings (SSSR count). The van der Waals surface area contributed by atoms with E-state index >= 15 is 0 Å². The van der Waals surface area contributed by atoms with Crippen molar-refractivity contribution in [3.8, 4) is 33.4 Å². The Kier molecular flexibility index (Phi) is 3.48. The third kappa shape index (κ3) is 2.43. The van der Waals surface area contributed by atoms with Crippen molar-refractivity contribution in [1.29, 1.82) is 0 Å². The Bertz CT molecular complexity index is 1940. The van der Waals surface area contributed by atoms with Gasteiger partial charge in [0.1, 0.15) is 0 Å². The van der Waals surface area contributed by atoms with E-state index in [1.54, 1.807) is 0 Å². The van der Waals surface area contributed by atoms with Crippen molar-refractivity contribution in [2.24, 2.45) is 0 Å². The van der Waals surface area contributed by atoms with Gasteiger partial charge in [0.25, 0.3) is 0 Å². The topological polar surface area (TPSA) is 0 Å². The minimum absolute atomic E-state index is 1.26. The van der Waals surface area contributed by atoms with Crippen LogP contribution in [0.15, 0.2) is 121 Å². The number of benzene rings is 7. The molecular formula is C34H20. The number of fused-ring (bicyclic) bond motifs is 7. The van der Waals surface area contributed by atoms with Crippen LogP contribution in [0, 0.1) is 0 Å². The molecule has 0 amide bonds. The summed E-state index contributed by atoms with van der Waals surface area (Å²) < 4.78 is 0. The SMILES string of the molecule is c1ccc(-c2ccc3cc4c5c(cccc5c3c2)-c2cc3cc5ccccc5cc3cc2-4)cc1. The average Bonchev–Trinajstić information content (AvgIpc) is 3.20. The molecule has 0 nitrogen and oxygen atoms in total. The van der Waals surface area contributed by atoms with Gasteiger partial charge in [0.05, 0.1) is 0 Å². The first kappa shape index (κ1) is 18.1. The van der Waals surface area contributed by atoms with Crippen LogP contribution in [-0.2, 0) is 0 Å². The summed E-state index contributed by atoms with van der Waals surface area (Å²) in [6, 6.07) is 44.9. The second-order valence-corrected chi connectivity index (χ2v) is 9.40. The molecule has 7 aromatic carbocycles. The van der Waals surface area contributed by atoms with Gasteiger partial charge in [-0.25, -0.2) is 0 Å². The zero-order chi connectivity index (χ0) is 22.2. The van der Waals surface area contributed by atoms with E-state index in [-0.39, 0.29) is 0 Å². The summed E-state index contributed by atoms with van der Waals surface area (Å²) in [7, 11) is 0. The maximum absolute atomic E-state index is 2.40. The first-order valence-electron chi connectivity index (χ1n) is 11.9. The Morgan fingerprint density at radius 2 is 0.971 bits per heavy atom.